The molecule has 1 spiro atoms. The molecule has 144 valence electrons. The van der Waals surface area contributed by atoms with Crippen LogP contribution < -0.4 is 0 Å². The minimum Gasteiger partial charge on any atom is -0.341 e. The highest BCUT2D eigenvalue weighted by Crippen LogP contribution is 2.43. The lowest BCUT2D eigenvalue weighted by atomic mass is 9.81. The summed E-state index contributed by atoms with van der Waals surface area (Å²) in [5, 5.41) is 4.43. The highest BCUT2D eigenvalue weighted by Gasteiger charge is 2.46. The highest BCUT2D eigenvalue weighted by atomic mass is 16.2. The number of amides is 1. The summed E-state index contributed by atoms with van der Waals surface area (Å²) in [5.41, 5.74) is 3.72. The lowest BCUT2D eigenvalue weighted by Crippen LogP contribution is -2.52. The van der Waals surface area contributed by atoms with Crippen LogP contribution in [0.5, 0.6) is 0 Å². The van der Waals surface area contributed by atoms with Crippen LogP contribution in [0, 0.1) is 13.8 Å². The maximum Gasteiger partial charge on any atom is 0.244 e. The Morgan fingerprint density at radius 1 is 1.19 bits per heavy atom. The fourth-order valence-electron chi connectivity index (χ4n) is 4.97. The van der Waals surface area contributed by atoms with Crippen LogP contribution in [-0.2, 0) is 11.3 Å². The van der Waals surface area contributed by atoms with Crippen molar-refractivity contribution < 1.29 is 4.79 Å². The summed E-state index contributed by atoms with van der Waals surface area (Å²) in [7, 11) is 2.26. The van der Waals surface area contributed by atoms with Gasteiger partial charge in [-0.05, 0) is 57.7 Å². The summed E-state index contributed by atoms with van der Waals surface area (Å²) in [5.74, 6) is 0.796. The SMILES string of the molecule is Cc1cc(C)n(CC(=O)N2CCC3(CC2)C[C@@H](c2ccccc2)CN3C)n1. The van der Waals surface area contributed by atoms with Crippen LogP contribution in [0.1, 0.15) is 42.1 Å². The van der Waals surface area contributed by atoms with Gasteiger partial charge in [0.05, 0.1) is 5.69 Å². The van der Waals surface area contributed by atoms with Gasteiger partial charge < -0.3 is 4.90 Å². The van der Waals surface area contributed by atoms with Crippen LogP contribution in [0.25, 0.3) is 0 Å². The normalized spacial score (nSPS) is 22.5. The van der Waals surface area contributed by atoms with Gasteiger partial charge in [0.25, 0.3) is 0 Å². The fraction of sp³-hybridized carbons (Fsp3) is 0.545. The number of likely N-dealkylation sites (tertiary alicyclic amines) is 2. The van der Waals surface area contributed by atoms with Gasteiger partial charge in [0.15, 0.2) is 0 Å². The molecule has 1 amide bonds. The van der Waals surface area contributed by atoms with Crippen molar-refractivity contribution in [3.05, 3.63) is 53.3 Å². The maximum atomic E-state index is 12.8. The van der Waals surface area contributed by atoms with Crippen molar-refractivity contribution in [2.24, 2.45) is 0 Å². The molecule has 2 fully saturated rings. The molecular formula is C22H30N4O. The molecule has 1 atom stereocenters. The molecule has 0 N–H and O–H groups in total. The van der Waals surface area contributed by atoms with Gasteiger partial charge in [-0.25, -0.2) is 0 Å². The van der Waals surface area contributed by atoms with E-state index in [0.717, 1.165) is 43.9 Å². The molecule has 0 unspecified atom stereocenters. The molecule has 2 saturated heterocycles. The summed E-state index contributed by atoms with van der Waals surface area (Å²) < 4.78 is 1.83. The molecule has 0 radical (unpaired) electrons. The molecule has 1 aromatic carbocycles. The first-order valence-corrected chi connectivity index (χ1v) is 10.0. The Bertz CT molecular complexity index is 805. The molecule has 2 aliphatic rings. The smallest absolute Gasteiger partial charge is 0.244 e. The summed E-state index contributed by atoms with van der Waals surface area (Å²) in [6.07, 6.45) is 3.33. The van der Waals surface area contributed by atoms with Gasteiger partial charge in [0, 0.05) is 30.9 Å². The van der Waals surface area contributed by atoms with Gasteiger partial charge in [-0.3, -0.25) is 14.4 Å². The number of benzene rings is 1. The number of likely N-dealkylation sites (N-methyl/N-ethyl adjacent to an activating group) is 1. The number of hydrogen-bond donors (Lipinski definition) is 0. The summed E-state index contributed by atoms with van der Waals surface area (Å²) in [6, 6.07) is 12.9. The Labute approximate surface area is 162 Å². The van der Waals surface area contributed by atoms with Gasteiger partial charge in [-0.2, -0.15) is 5.10 Å². The van der Waals surface area contributed by atoms with Gasteiger partial charge in [0.2, 0.25) is 5.91 Å². The lowest BCUT2D eigenvalue weighted by Gasteiger charge is -2.43. The van der Waals surface area contributed by atoms with E-state index >= 15 is 0 Å². The Morgan fingerprint density at radius 3 is 2.52 bits per heavy atom. The van der Waals surface area contributed by atoms with E-state index in [2.05, 4.69) is 47.4 Å². The summed E-state index contributed by atoms with van der Waals surface area (Å²) in [6.45, 7) is 7.15. The third kappa shape index (κ3) is 3.53. The number of carbonyl (C=O) groups excluding carboxylic acids is 1. The zero-order valence-electron chi connectivity index (χ0n) is 16.7. The molecule has 0 aliphatic carbocycles. The Kier molecular flexibility index (Phi) is 4.81. The van der Waals surface area contributed by atoms with Crippen molar-refractivity contribution in [2.75, 3.05) is 26.7 Å². The summed E-state index contributed by atoms with van der Waals surface area (Å²) in [4.78, 5) is 17.3. The minimum absolute atomic E-state index is 0.191. The number of nitrogens with zero attached hydrogens (tertiary/aromatic N) is 4. The number of carbonyl (C=O) groups is 1. The molecule has 27 heavy (non-hydrogen) atoms. The second-order valence-electron chi connectivity index (χ2n) is 8.38. The van der Waals surface area contributed by atoms with Crippen molar-refractivity contribution in [3.8, 4) is 0 Å². The molecule has 5 nitrogen and oxygen atoms in total. The third-order valence-electron chi connectivity index (χ3n) is 6.64. The van der Waals surface area contributed by atoms with Gasteiger partial charge in [0.1, 0.15) is 6.54 Å². The second-order valence-corrected chi connectivity index (χ2v) is 8.38. The van der Waals surface area contributed by atoms with E-state index < -0.39 is 0 Å². The number of aryl methyl sites for hydroxylation is 2. The lowest BCUT2D eigenvalue weighted by molar-refractivity contribution is -0.134. The second kappa shape index (κ2) is 7.12. The average Bonchev–Trinajstić information content (AvgIpc) is 3.15. The summed E-state index contributed by atoms with van der Waals surface area (Å²) >= 11 is 0. The van der Waals surface area contributed by atoms with Gasteiger partial charge in [-0.1, -0.05) is 30.3 Å². The van der Waals surface area contributed by atoms with E-state index in [1.165, 1.54) is 12.0 Å². The molecule has 2 aliphatic heterocycles. The van der Waals surface area contributed by atoms with E-state index in [0.29, 0.717) is 12.5 Å². The Morgan fingerprint density at radius 2 is 1.89 bits per heavy atom. The molecule has 3 heterocycles. The monoisotopic (exact) mass is 366 g/mol. The first-order valence-electron chi connectivity index (χ1n) is 10.0. The highest BCUT2D eigenvalue weighted by molar-refractivity contribution is 5.76. The molecule has 4 rings (SSSR count). The topological polar surface area (TPSA) is 41.4 Å². The van der Waals surface area contributed by atoms with E-state index in [-0.39, 0.29) is 11.4 Å². The standard InChI is InChI=1S/C22H30N4O/c1-17-13-18(2)26(23-17)16-21(27)25-11-9-22(10-12-25)14-20(15-24(22)3)19-7-5-4-6-8-19/h4-8,13,20H,9-12,14-16H2,1-3H3/t20-/m1/s1. The van der Waals surface area contributed by atoms with Crippen molar-refractivity contribution in [1.29, 1.82) is 0 Å². The molecule has 0 saturated carbocycles. The predicted octanol–water partition coefficient (Wildman–Crippen LogP) is 2.98. The first-order chi connectivity index (χ1) is 13.0. The largest absolute Gasteiger partial charge is 0.341 e. The van der Waals surface area contributed by atoms with E-state index in [1.807, 2.05) is 29.5 Å². The molecule has 5 heteroatoms. The molecular weight excluding hydrogens is 336 g/mol. The molecule has 2 aromatic rings. The number of rotatable bonds is 3. The number of hydrogen-bond acceptors (Lipinski definition) is 3. The van der Waals surface area contributed by atoms with E-state index in [4.69, 9.17) is 0 Å². The van der Waals surface area contributed by atoms with Crippen LogP contribution in [0.4, 0.5) is 0 Å². The Hall–Kier alpha value is -2.14. The number of piperidine rings is 1. The first kappa shape index (κ1) is 18.2. The van der Waals surface area contributed by atoms with Crippen LogP contribution >= 0.6 is 0 Å². The quantitative estimate of drug-likeness (QED) is 0.839. The van der Waals surface area contributed by atoms with Crippen LogP contribution in [-0.4, -0.2) is 57.7 Å². The van der Waals surface area contributed by atoms with Crippen molar-refractivity contribution in [2.45, 2.75) is 51.1 Å². The van der Waals surface area contributed by atoms with Crippen molar-refractivity contribution in [1.82, 2.24) is 19.6 Å². The Balaban J connectivity index is 1.38. The van der Waals surface area contributed by atoms with E-state index in [9.17, 15) is 4.79 Å². The van der Waals surface area contributed by atoms with E-state index in [1.54, 1.807) is 0 Å². The van der Waals surface area contributed by atoms with Crippen LogP contribution in [0.15, 0.2) is 36.4 Å². The maximum absolute atomic E-state index is 12.8. The van der Waals surface area contributed by atoms with Crippen LogP contribution in [0.2, 0.25) is 0 Å². The minimum atomic E-state index is 0.191. The average molecular weight is 367 g/mol. The molecule has 0 bridgehead atoms. The van der Waals surface area contributed by atoms with Gasteiger partial charge >= 0.3 is 0 Å². The van der Waals surface area contributed by atoms with Gasteiger partial charge in [-0.15, -0.1) is 0 Å². The predicted molar refractivity (Wildman–Crippen MR) is 107 cm³/mol. The zero-order chi connectivity index (χ0) is 19.0. The van der Waals surface area contributed by atoms with Crippen molar-refractivity contribution >= 4 is 5.91 Å². The fourth-order valence-corrected chi connectivity index (χ4v) is 4.97. The van der Waals surface area contributed by atoms with Crippen molar-refractivity contribution in [3.63, 3.8) is 0 Å². The van der Waals surface area contributed by atoms with Crippen LogP contribution in [0.3, 0.4) is 0 Å². The third-order valence-corrected chi connectivity index (χ3v) is 6.64. The number of aromatic nitrogens is 2. The molecule has 1 aromatic heterocycles. The zero-order valence-corrected chi connectivity index (χ0v) is 16.7.